The molecule has 3 heterocycles. The zero-order chi connectivity index (χ0) is 24.2. The van der Waals surface area contributed by atoms with Crippen LogP contribution in [0.1, 0.15) is 63.9 Å². The van der Waals surface area contributed by atoms with Crippen molar-refractivity contribution < 1.29 is 10.2 Å². The molecule has 1 fully saturated rings. The summed E-state index contributed by atoms with van der Waals surface area (Å²) < 4.78 is 0. The lowest BCUT2D eigenvalue weighted by atomic mass is 9.62. The average molecular weight is 449 g/mol. The van der Waals surface area contributed by atoms with Crippen molar-refractivity contribution in [1.29, 1.82) is 0 Å². The van der Waals surface area contributed by atoms with Crippen molar-refractivity contribution in [3.8, 4) is 11.3 Å². The molecule has 6 heteroatoms. The molecule has 1 aromatic carbocycles. The fourth-order valence-corrected chi connectivity index (χ4v) is 5.01. The maximum Gasteiger partial charge on any atom is 0.124 e. The van der Waals surface area contributed by atoms with Gasteiger partial charge in [0, 0.05) is 42.0 Å². The van der Waals surface area contributed by atoms with Gasteiger partial charge in [0.25, 0.3) is 0 Å². The lowest BCUT2D eigenvalue weighted by molar-refractivity contribution is -0.127. The van der Waals surface area contributed by atoms with Crippen molar-refractivity contribution in [2.45, 2.75) is 58.2 Å². The third kappa shape index (κ3) is 4.12. The van der Waals surface area contributed by atoms with Crippen LogP contribution in [0, 0.1) is 5.41 Å². The van der Waals surface area contributed by atoms with Gasteiger partial charge in [-0.15, -0.1) is 0 Å². The van der Waals surface area contributed by atoms with E-state index in [1.807, 2.05) is 12.1 Å². The molecule has 176 valence electrons. The summed E-state index contributed by atoms with van der Waals surface area (Å²) in [5.74, 6) is 0. The van der Waals surface area contributed by atoms with Gasteiger partial charge in [0.05, 0.1) is 11.4 Å². The summed E-state index contributed by atoms with van der Waals surface area (Å²) in [5.41, 5.74) is 2.38. The predicted octanol–water partition coefficient (Wildman–Crippen LogP) is 4.18. The summed E-state index contributed by atoms with van der Waals surface area (Å²) in [6, 6.07) is 12.1. The van der Waals surface area contributed by atoms with Crippen molar-refractivity contribution in [3.05, 3.63) is 71.2 Å². The van der Waals surface area contributed by atoms with Crippen molar-refractivity contribution in [2.75, 3.05) is 20.1 Å². The van der Waals surface area contributed by atoms with E-state index in [0.717, 1.165) is 29.8 Å². The molecule has 1 aliphatic rings. The Kier molecular flexibility index (Phi) is 5.55. The first-order valence-electron chi connectivity index (χ1n) is 11.5. The molecule has 3 N–H and O–H groups in total. The Morgan fingerprint density at radius 2 is 1.52 bits per heavy atom. The Labute approximate surface area is 196 Å². The summed E-state index contributed by atoms with van der Waals surface area (Å²) in [4.78, 5) is 6.70. The van der Waals surface area contributed by atoms with Crippen LogP contribution in [0.4, 0.5) is 0 Å². The normalized spacial score (nSPS) is 18.6. The van der Waals surface area contributed by atoms with Crippen molar-refractivity contribution >= 4 is 0 Å². The van der Waals surface area contributed by atoms with Crippen LogP contribution in [0.2, 0.25) is 0 Å². The summed E-state index contributed by atoms with van der Waals surface area (Å²) in [6.07, 6.45) is 3.50. The molecule has 4 rings (SSSR count). The number of H-pyrrole nitrogens is 1. The van der Waals surface area contributed by atoms with Gasteiger partial charge in [0.2, 0.25) is 0 Å². The van der Waals surface area contributed by atoms with Gasteiger partial charge in [0.15, 0.2) is 0 Å². The maximum absolute atomic E-state index is 12.4. The molecule has 0 radical (unpaired) electrons. The molecule has 1 aliphatic heterocycles. The monoisotopic (exact) mass is 448 g/mol. The predicted molar refractivity (Wildman–Crippen MR) is 131 cm³/mol. The maximum atomic E-state index is 12.4. The van der Waals surface area contributed by atoms with E-state index in [-0.39, 0.29) is 10.8 Å². The fourth-order valence-electron chi connectivity index (χ4n) is 5.01. The highest BCUT2D eigenvalue weighted by atomic mass is 16.3. The minimum atomic E-state index is -1.21. The van der Waals surface area contributed by atoms with E-state index in [1.165, 1.54) is 5.56 Å². The minimum absolute atomic E-state index is 0.0385. The zero-order valence-electron chi connectivity index (χ0n) is 20.8. The van der Waals surface area contributed by atoms with Crippen LogP contribution in [0.15, 0.2) is 48.8 Å². The third-order valence-corrected chi connectivity index (χ3v) is 6.97. The van der Waals surface area contributed by atoms with E-state index in [1.54, 1.807) is 26.2 Å². The minimum Gasteiger partial charge on any atom is -0.384 e. The van der Waals surface area contributed by atoms with E-state index in [0.29, 0.717) is 11.4 Å². The molecule has 0 amide bonds. The second kappa shape index (κ2) is 7.76. The number of benzene rings is 1. The van der Waals surface area contributed by atoms with Gasteiger partial charge in [-0.3, -0.25) is 10.1 Å². The van der Waals surface area contributed by atoms with Gasteiger partial charge < -0.3 is 15.1 Å². The number of likely N-dealkylation sites (tertiary alicyclic amines) is 1. The van der Waals surface area contributed by atoms with Gasteiger partial charge in [-0.25, -0.2) is 0 Å². The molecule has 0 saturated carbocycles. The van der Waals surface area contributed by atoms with E-state index in [9.17, 15) is 10.2 Å². The van der Waals surface area contributed by atoms with Gasteiger partial charge in [0.1, 0.15) is 11.2 Å². The molecular formula is C27H36N4O2. The molecule has 6 nitrogen and oxygen atoms in total. The second-order valence-electron chi connectivity index (χ2n) is 11.5. The first-order valence-corrected chi connectivity index (χ1v) is 11.5. The number of rotatable bonds is 5. The molecule has 0 unspecified atom stereocenters. The molecule has 2 aromatic heterocycles. The highest BCUT2D eigenvalue weighted by Gasteiger charge is 2.55. The number of aliphatic hydroxyl groups is 2. The first-order chi connectivity index (χ1) is 15.2. The quantitative estimate of drug-likeness (QED) is 0.545. The van der Waals surface area contributed by atoms with Crippen molar-refractivity contribution in [3.63, 3.8) is 0 Å². The van der Waals surface area contributed by atoms with E-state index in [4.69, 9.17) is 0 Å². The van der Waals surface area contributed by atoms with Crippen LogP contribution in [-0.4, -0.2) is 50.4 Å². The molecular weight excluding hydrogens is 412 g/mol. The highest BCUT2D eigenvalue weighted by Crippen LogP contribution is 2.50. The Bertz CT molecular complexity index is 1130. The number of nitrogens with one attached hydrogen (secondary N) is 1. The lowest BCUT2D eigenvalue weighted by Crippen LogP contribution is -2.63. The molecule has 3 aromatic rings. The third-order valence-electron chi connectivity index (χ3n) is 6.97. The zero-order valence-corrected chi connectivity index (χ0v) is 20.8. The number of aromatic nitrogens is 3. The van der Waals surface area contributed by atoms with Crippen LogP contribution in [-0.2, 0) is 16.6 Å². The highest BCUT2D eigenvalue weighted by molar-refractivity contribution is 5.60. The van der Waals surface area contributed by atoms with Crippen LogP contribution >= 0.6 is 0 Å². The topological polar surface area (TPSA) is 85.3 Å². The van der Waals surface area contributed by atoms with Crippen LogP contribution in [0.25, 0.3) is 11.3 Å². The summed E-state index contributed by atoms with van der Waals surface area (Å²) in [6.45, 7) is 13.7. The number of aromatic amines is 1. The second-order valence-corrected chi connectivity index (χ2v) is 11.5. The Morgan fingerprint density at radius 1 is 0.909 bits per heavy atom. The van der Waals surface area contributed by atoms with Crippen LogP contribution < -0.4 is 0 Å². The lowest BCUT2D eigenvalue weighted by Gasteiger charge is -2.56. The molecule has 0 bridgehead atoms. The fraction of sp³-hybridized carbons (Fsp3) is 0.481. The van der Waals surface area contributed by atoms with E-state index >= 15 is 0 Å². The number of hydrogen-bond donors (Lipinski definition) is 3. The van der Waals surface area contributed by atoms with Crippen LogP contribution in [0.3, 0.4) is 0 Å². The smallest absolute Gasteiger partial charge is 0.124 e. The summed E-state index contributed by atoms with van der Waals surface area (Å²) in [5, 5.41) is 30.0. The SMILES string of the molecule is CN1CC(C)([C@](O)(c2ccc(C(C)(C)C)cc2)c2cncc(-c3cc(C(C)(C)O)[nH]n3)c2)C1. The molecule has 1 saturated heterocycles. The molecule has 1 atom stereocenters. The van der Waals surface area contributed by atoms with E-state index < -0.39 is 11.2 Å². The van der Waals surface area contributed by atoms with Gasteiger partial charge in [-0.2, -0.15) is 5.10 Å². The Balaban J connectivity index is 1.81. The van der Waals surface area contributed by atoms with Crippen molar-refractivity contribution in [1.82, 2.24) is 20.1 Å². The number of hydrogen-bond acceptors (Lipinski definition) is 5. The van der Waals surface area contributed by atoms with Crippen molar-refractivity contribution in [2.24, 2.45) is 5.41 Å². The van der Waals surface area contributed by atoms with Crippen LogP contribution in [0.5, 0.6) is 0 Å². The van der Waals surface area contributed by atoms with E-state index in [2.05, 4.69) is 79.1 Å². The molecule has 33 heavy (non-hydrogen) atoms. The number of pyridine rings is 1. The van der Waals surface area contributed by atoms with Gasteiger partial charge >= 0.3 is 0 Å². The Hall–Kier alpha value is -2.54. The number of nitrogens with zero attached hydrogens (tertiary/aromatic N) is 3. The summed E-state index contributed by atoms with van der Waals surface area (Å²) >= 11 is 0. The summed E-state index contributed by atoms with van der Waals surface area (Å²) in [7, 11) is 2.07. The molecule has 0 spiro atoms. The molecule has 0 aliphatic carbocycles. The Morgan fingerprint density at radius 3 is 2.03 bits per heavy atom. The van der Waals surface area contributed by atoms with Gasteiger partial charge in [-0.05, 0) is 49.6 Å². The average Bonchev–Trinajstić information content (AvgIpc) is 3.22. The first kappa shape index (κ1) is 23.6. The van der Waals surface area contributed by atoms with Gasteiger partial charge in [-0.1, -0.05) is 52.0 Å². The standard InChI is InChI=1S/C27H36N4O2/c1-24(2,3)19-8-10-20(11-9-19)27(33,26(6)16-31(7)17-26)21-12-18(14-28-15-21)22-13-23(30-29-22)25(4,5)32/h8-15,32-33H,16-17H2,1-7H3,(H,29,30)/t27-/m0/s1. The largest absolute Gasteiger partial charge is 0.384 e.